The molecule has 1 fully saturated rings. The largest absolute Gasteiger partial charge is 0.469 e. The molecule has 6 heteroatoms. The lowest BCUT2D eigenvalue weighted by atomic mass is 10.1. The molecule has 0 aromatic carbocycles. The molecule has 0 heterocycles. The zero-order chi connectivity index (χ0) is 12.2. The maximum absolute atomic E-state index is 11.8. The molecule has 1 saturated carbocycles. The molecule has 1 rings (SSSR count). The number of sulfonamides is 1. The Morgan fingerprint density at radius 3 is 2.81 bits per heavy atom. The third-order valence-corrected chi connectivity index (χ3v) is 4.64. The SMILES string of the molecule is C#CCNS(=O)(=O)C1CCCC1C(=O)OC. The number of terminal acetylenes is 1. The van der Waals surface area contributed by atoms with E-state index in [0.717, 1.165) is 0 Å². The molecule has 0 spiro atoms. The summed E-state index contributed by atoms with van der Waals surface area (Å²) in [4.78, 5) is 11.4. The third-order valence-electron chi connectivity index (χ3n) is 2.73. The standard InChI is InChI=1S/C10H15NO4S/c1-3-7-11-16(13,14)9-6-4-5-8(9)10(12)15-2/h1,8-9,11H,4-7H2,2H3. The van der Waals surface area contributed by atoms with Crippen LogP contribution in [0.15, 0.2) is 0 Å². The molecule has 1 N–H and O–H groups in total. The van der Waals surface area contributed by atoms with Crippen LogP contribution in [-0.4, -0.2) is 33.3 Å². The highest BCUT2D eigenvalue weighted by Gasteiger charge is 2.41. The Hall–Kier alpha value is -1.06. The fraction of sp³-hybridized carbons (Fsp3) is 0.700. The third kappa shape index (κ3) is 2.74. The number of hydrogen-bond donors (Lipinski definition) is 1. The molecule has 0 aromatic rings. The molecule has 2 atom stereocenters. The van der Waals surface area contributed by atoms with Gasteiger partial charge in [-0.3, -0.25) is 4.79 Å². The second-order valence-corrected chi connectivity index (χ2v) is 5.65. The summed E-state index contributed by atoms with van der Waals surface area (Å²) in [6.45, 7) is -0.0489. The van der Waals surface area contributed by atoms with Crippen LogP contribution in [0, 0.1) is 18.3 Å². The first-order valence-electron chi connectivity index (χ1n) is 5.02. The summed E-state index contributed by atoms with van der Waals surface area (Å²) < 4.78 is 30.5. The van der Waals surface area contributed by atoms with Crippen LogP contribution in [0.1, 0.15) is 19.3 Å². The Kier molecular flexibility index (Phi) is 4.33. The second-order valence-electron chi connectivity index (χ2n) is 3.67. The molecule has 0 amide bonds. The van der Waals surface area contributed by atoms with E-state index in [2.05, 4.69) is 15.4 Å². The molecular formula is C10H15NO4S. The van der Waals surface area contributed by atoms with Crippen LogP contribution in [0.25, 0.3) is 0 Å². The second kappa shape index (κ2) is 5.32. The summed E-state index contributed by atoms with van der Waals surface area (Å²) in [5.74, 6) is 1.17. The van der Waals surface area contributed by atoms with Crippen molar-refractivity contribution < 1.29 is 17.9 Å². The van der Waals surface area contributed by atoms with Crippen molar-refractivity contribution in [2.75, 3.05) is 13.7 Å². The van der Waals surface area contributed by atoms with Gasteiger partial charge in [-0.25, -0.2) is 13.1 Å². The molecule has 0 radical (unpaired) electrons. The molecule has 1 aliphatic rings. The average molecular weight is 245 g/mol. The lowest BCUT2D eigenvalue weighted by Gasteiger charge is -2.17. The minimum atomic E-state index is -3.52. The van der Waals surface area contributed by atoms with E-state index in [1.807, 2.05) is 0 Å². The van der Waals surface area contributed by atoms with Crippen molar-refractivity contribution in [3.8, 4) is 12.3 Å². The number of carbonyl (C=O) groups is 1. The highest BCUT2D eigenvalue weighted by molar-refractivity contribution is 7.90. The number of hydrogen-bond acceptors (Lipinski definition) is 4. The molecule has 0 aromatic heterocycles. The van der Waals surface area contributed by atoms with E-state index in [4.69, 9.17) is 6.42 Å². The Bertz CT molecular complexity index is 396. The van der Waals surface area contributed by atoms with Gasteiger partial charge in [-0.05, 0) is 12.8 Å². The summed E-state index contributed by atoms with van der Waals surface area (Å²) in [7, 11) is -2.26. The van der Waals surface area contributed by atoms with Crippen molar-refractivity contribution in [2.45, 2.75) is 24.5 Å². The zero-order valence-corrected chi connectivity index (χ0v) is 9.92. The molecular weight excluding hydrogens is 230 g/mol. The Labute approximate surface area is 95.6 Å². The van der Waals surface area contributed by atoms with Gasteiger partial charge < -0.3 is 4.74 Å². The fourth-order valence-corrected chi connectivity index (χ4v) is 3.62. The van der Waals surface area contributed by atoms with Gasteiger partial charge in [0.05, 0.1) is 24.8 Å². The van der Waals surface area contributed by atoms with Crippen molar-refractivity contribution in [1.82, 2.24) is 4.72 Å². The van der Waals surface area contributed by atoms with E-state index in [1.165, 1.54) is 7.11 Å². The number of esters is 1. The van der Waals surface area contributed by atoms with Crippen LogP contribution < -0.4 is 4.72 Å². The predicted octanol–water partition coefficient (Wildman–Crippen LogP) is -0.119. The van der Waals surface area contributed by atoms with Crippen LogP contribution in [0.3, 0.4) is 0 Å². The van der Waals surface area contributed by atoms with Crippen LogP contribution in [0.5, 0.6) is 0 Å². The van der Waals surface area contributed by atoms with E-state index in [-0.39, 0.29) is 6.54 Å². The van der Waals surface area contributed by atoms with Crippen molar-refractivity contribution in [2.24, 2.45) is 5.92 Å². The van der Waals surface area contributed by atoms with Gasteiger partial charge >= 0.3 is 5.97 Å². The van der Waals surface area contributed by atoms with Crippen molar-refractivity contribution in [1.29, 1.82) is 0 Å². The van der Waals surface area contributed by atoms with E-state index in [0.29, 0.717) is 19.3 Å². The topological polar surface area (TPSA) is 72.5 Å². The molecule has 16 heavy (non-hydrogen) atoms. The minimum Gasteiger partial charge on any atom is -0.469 e. The van der Waals surface area contributed by atoms with Crippen LogP contribution in [-0.2, 0) is 19.6 Å². The predicted molar refractivity (Wildman–Crippen MR) is 58.9 cm³/mol. The van der Waals surface area contributed by atoms with Crippen molar-refractivity contribution in [3.05, 3.63) is 0 Å². The molecule has 90 valence electrons. The fourth-order valence-electron chi connectivity index (χ4n) is 1.97. The van der Waals surface area contributed by atoms with E-state index < -0.39 is 27.2 Å². The maximum atomic E-state index is 11.8. The molecule has 1 aliphatic carbocycles. The molecule has 0 bridgehead atoms. The molecule has 2 unspecified atom stereocenters. The van der Waals surface area contributed by atoms with Gasteiger partial charge in [0.15, 0.2) is 0 Å². The number of ether oxygens (including phenoxy) is 1. The summed E-state index contributed by atoms with van der Waals surface area (Å²) in [6, 6.07) is 0. The van der Waals surface area contributed by atoms with Gasteiger partial charge in [-0.15, -0.1) is 6.42 Å². The number of rotatable bonds is 4. The van der Waals surface area contributed by atoms with Crippen LogP contribution >= 0.6 is 0 Å². The van der Waals surface area contributed by atoms with Crippen molar-refractivity contribution >= 4 is 16.0 Å². The summed E-state index contributed by atoms with van der Waals surface area (Å²) >= 11 is 0. The van der Waals surface area contributed by atoms with E-state index in [9.17, 15) is 13.2 Å². The first kappa shape index (κ1) is 13.0. The molecule has 0 saturated heterocycles. The summed E-state index contributed by atoms with van der Waals surface area (Å²) in [6.07, 6.45) is 6.72. The summed E-state index contributed by atoms with van der Waals surface area (Å²) in [5.41, 5.74) is 0. The quantitative estimate of drug-likeness (QED) is 0.553. The van der Waals surface area contributed by atoms with Gasteiger partial charge in [-0.2, -0.15) is 0 Å². The summed E-state index contributed by atoms with van der Waals surface area (Å²) in [5, 5.41) is -0.715. The average Bonchev–Trinajstić information content (AvgIpc) is 2.75. The molecule has 5 nitrogen and oxygen atoms in total. The van der Waals surface area contributed by atoms with Gasteiger partial charge in [-0.1, -0.05) is 12.3 Å². The zero-order valence-electron chi connectivity index (χ0n) is 9.10. The maximum Gasteiger partial charge on any atom is 0.310 e. The minimum absolute atomic E-state index is 0.0489. The monoisotopic (exact) mass is 245 g/mol. The van der Waals surface area contributed by atoms with Gasteiger partial charge in [0, 0.05) is 0 Å². The van der Waals surface area contributed by atoms with Gasteiger partial charge in [0.2, 0.25) is 10.0 Å². The van der Waals surface area contributed by atoms with Gasteiger partial charge in [0.25, 0.3) is 0 Å². The Morgan fingerprint density at radius 2 is 2.25 bits per heavy atom. The highest BCUT2D eigenvalue weighted by Crippen LogP contribution is 2.31. The van der Waals surface area contributed by atoms with Crippen LogP contribution in [0.2, 0.25) is 0 Å². The lowest BCUT2D eigenvalue weighted by Crippen LogP contribution is -2.39. The normalized spacial score (nSPS) is 25.0. The lowest BCUT2D eigenvalue weighted by molar-refractivity contribution is -0.145. The number of methoxy groups -OCH3 is 1. The number of nitrogens with one attached hydrogen (secondary N) is 1. The molecule has 0 aliphatic heterocycles. The number of carbonyl (C=O) groups excluding carboxylic acids is 1. The first-order valence-corrected chi connectivity index (χ1v) is 6.57. The van der Waals surface area contributed by atoms with E-state index >= 15 is 0 Å². The Balaban J connectivity index is 2.79. The first-order chi connectivity index (χ1) is 7.53. The van der Waals surface area contributed by atoms with E-state index in [1.54, 1.807) is 0 Å². The van der Waals surface area contributed by atoms with Crippen molar-refractivity contribution in [3.63, 3.8) is 0 Å². The highest BCUT2D eigenvalue weighted by atomic mass is 32.2. The van der Waals surface area contributed by atoms with Gasteiger partial charge in [0.1, 0.15) is 0 Å². The Morgan fingerprint density at radius 1 is 1.56 bits per heavy atom. The van der Waals surface area contributed by atoms with Crippen LogP contribution in [0.4, 0.5) is 0 Å². The smallest absolute Gasteiger partial charge is 0.310 e.